The molecule has 0 aliphatic heterocycles. The molecule has 0 aliphatic rings. The molecule has 0 aromatic heterocycles. The van der Waals surface area contributed by atoms with Gasteiger partial charge in [-0.15, -0.1) is 0 Å². The fourth-order valence-corrected chi connectivity index (χ4v) is 1.35. The number of anilines is 1. The maximum atomic E-state index is 3.79. The summed E-state index contributed by atoms with van der Waals surface area (Å²) in [5.41, 5.74) is 3.32. The number of nitrogens with one attached hydrogen (secondary N) is 1. The normalized spacial score (nSPS) is 10.8. The molecule has 0 spiro atoms. The second-order valence-corrected chi connectivity index (χ2v) is 2.86. The van der Waals surface area contributed by atoms with Gasteiger partial charge >= 0.3 is 0 Å². The first-order valence-corrected chi connectivity index (χ1v) is 4.55. The molecule has 1 N–H and O–H groups in total. The van der Waals surface area contributed by atoms with E-state index in [9.17, 15) is 0 Å². The predicted molar refractivity (Wildman–Crippen MR) is 64.4 cm³/mol. The summed E-state index contributed by atoms with van der Waals surface area (Å²) in [7, 11) is 1.91. The van der Waals surface area contributed by atoms with Crippen LogP contribution in [0.3, 0.4) is 0 Å². The average Bonchev–Trinajstić information content (AvgIpc) is 2.26. The molecule has 1 aromatic rings. The molecule has 0 heterocycles. The van der Waals surface area contributed by atoms with Crippen molar-refractivity contribution in [1.29, 1.82) is 0 Å². The van der Waals surface area contributed by atoms with Crippen molar-refractivity contribution in [2.75, 3.05) is 12.4 Å². The Morgan fingerprint density at radius 1 is 1.29 bits per heavy atom. The van der Waals surface area contributed by atoms with Crippen LogP contribution >= 0.6 is 0 Å². The number of rotatable bonds is 4. The van der Waals surface area contributed by atoms with Gasteiger partial charge < -0.3 is 5.32 Å². The van der Waals surface area contributed by atoms with Crippen molar-refractivity contribution in [3.05, 3.63) is 61.2 Å². The molecule has 0 fully saturated rings. The van der Waals surface area contributed by atoms with Crippen molar-refractivity contribution >= 4 is 11.3 Å². The van der Waals surface area contributed by atoms with Gasteiger partial charge in [0.05, 0.1) is 0 Å². The molecule has 0 saturated heterocycles. The van der Waals surface area contributed by atoms with Crippen LogP contribution in [0.25, 0.3) is 5.57 Å². The summed E-state index contributed by atoms with van der Waals surface area (Å²) >= 11 is 0. The summed E-state index contributed by atoms with van der Waals surface area (Å²) in [5, 5.41) is 3.15. The Morgan fingerprint density at radius 3 is 2.57 bits per heavy atom. The molecule has 0 bridgehead atoms. The topological polar surface area (TPSA) is 12.0 Å². The fraction of sp³-hybridized carbons (Fsp3) is 0.0769. The van der Waals surface area contributed by atoms with Crippen LogP contribution in [0.5, 0.6) is 0 Å². The summed E-state index contributed by atoms with van der Waals surface area (Å²) in [6, 6.07) is 8.11. The maximum absolute atomic E-state index is 3.79. The lowest BCUT2D eigenvalue weighted by molar-refractivity contribution is 1.48. The van der Waals surface area contributed by atoms with E-state index in [-0.39, 0.29) is 0 Å². The molecule has 1 heteroatoms. The molecule has 0 unspecified atom stereocenters. The highest BCUT2D eigenvalue weighted by molar-refractivity contribution is 5.82. The summed E-state index contributed by atoms with van der Waals surface area (Å²) in [4.78, 5) is 0. The van der Waals surface area contributed by atoms with Crippen molar-refractivity contribution < 1.29 is 0 Å². The van der Waals surface area contributed by atoms with Gasteiger partial charge in [-0.2, -0.15) is 0 Å². The lowest BCUT2D eigenvalue weighted by atomic mass is 10.0. The molecule has 14 heavy (non-hydrogen) atoms. The molecule has 1 aromatic carbocycles. The standard InChI is InChI=1S/C13H15N/c1-4-8-11(5-2)12-9-6-7-10-13(12)14-3/h4-10,14H,1-2H2,3H3/b11-8+. The molecule has 0 amide bonds. The minimum atomic E-state index is 1.07. The van der Waals surface area contributed by atoms with E-state index in [1.54, 1.807) is 6.08 Å². The monoisotopic (exact) mass is 185 g/mol. The predicted octanol–water partition coefficient (Wildman–Crippen LogP) is 3.48. The number of para-hydroxylation sites is 1. The second-order valence-electron chi connectivity index (χ2n) is 2.86. The smallest absolute Gasteiger partial charge is 0.0417 e. The molecule has 0 atom stereocenters. The van der Waals surface area contributed by atoms with Crippen LogP contribution in [-0.2, 0) is 0 Å². The Balaban J connectivity index is 3.21. The number of allylic oxidation sites excluding steroid dienone is 4. The zero-order chi connectivity index (χ0) is 10.4. The van der Waals surface area contributed by atoms with E-state index >= 15 is 0 Å². The quantitative estimate of drug-likeness (QED) is 0.708. The van der Waals surface area contributed by atoms with Gasteiger partial charge in [0.1, 0.15) is 0 Å². The van der Waals surface area contributed by atoms with Crippen molar-refractivity contribution in [2.45, 2.75) is 0 Å². The Hall–Kier alpha value is -1.76. The molecule has 0 saturated carbocycles. The highest BCUT2D eigenvalue weighted by atomic mass is 14.8. The van der Waals surface area contributed by atoms with Crippen LogP contribution in [0.4, 0.5) is 5.69 Å². The van der Waals surface area contributed by atoms with E-state index < -0.39 is 0 Å². The first-order valence-electron chi connectivity index (χ1n) is 4.55. The van der Waals surface area contributed by atoms with Gasteiger partial charge in [-0.3, -0.25) is 0 Å². The zero-order valence-electron chi connectivity index (χ0n) is 8.46. The van der Waals surface area contributed by atoms with Crippen LogP contribution in [0.2, 0.25) is 0 Å². The summed E-state index contributed by atoms with van der Waals surface area (Å²) in [6.45, 7) is 7.47. The second kappa shape index (κ2) is 5.07. The van der Waals surface area contributed by atoms with Crippen molar-refractivity contribution in [2.24, 2.45) is 0 Å². The SMILES string of the molecule is C=C/C=C(\C=C)c1ccccc1NC. The van der Waals surface area contributed by atoms with Crippen molar-refractivity contribution in [3.8, 4) is 0 Å². The minimum Gasteiger partial charge on any atom is -0.388 e. The van der Waals surface area contributed by atoms with Gasteiger partial charge in [0, 0.05) is 18.3 Å². The molecular formula is C13H15N. The third-order valence-electron chi connectivity index (χ3n) is 2.02. The molecular weight excluding hydrogens is 170 g/mol. The Labute approximate surface area is 85.5 Å². The van der Waals surface area contributed by atoms with Crippen LogP contribution in [0, 0.1) is 0 Å². The van der Waals surface area contributed by atoms with Gasteiger partial charge in [0.15, 0.2) is 0 Å². The number of benzene rings is 1. The van der Waals surface area contributed by atoms with E-state index in [2.05, 4.69) is 24.5 Å². The van der Waals surface area contributed by atoms with Gasteiger partial charge in [-0.05, 0) is 11.6 Å². The minimum absolute atomic E-state index is 1.07. The van der Waals surface area contributed by atoms with Crippen molar-refractivity contribution in [3.63, 3.8) is 0 Å². The highest BCUT2D eigenvalue weighted by Crippen LogP contribution is 2.23. The molecule has 0 aliphatic carbocycles. The van der Waals surface area contributed by atoms with E-state index in [0.29, 0.717) is 0 Å². The van der Waals surface area contributed by atoms with Crippen LogP contribution in [-0.4, -0.2) is 7.05 Å². The van der Waals surface area contributed by atoms with E-state index in [0.717, 1.165) is 16.8 Å². The van der Waals surface area contributed by atoms with Gasteiger partial charge in [0.25, 0.3) is 0 Å². The van der Waals surface area contributed by atoms with Crippen molar-refractivity contribution in [1.82, 2.24) is 0 Å². The van der Waals surface area contributed by atoms with Crippen LogP contribution < -0.4 is 5.32 Å². The molecule has 72 valence electrons. The largest absolute Gasteiger partial charge is 0.388 e. The van der Waals surface area contributed by atoms with Gasteiger partial charge in [-0.25, -0.2) is 0 Å². The lowest BCUT2D eigenvalue weighted by Crippen LogP contribution is -1.93. The van der Waals surface area contributed by atoms with E-state index in [1.807, 2.05) is 37.4 Å². The first kappa shape index (κ1) is 10.3. The Bertz CT molecular complexity index is 361. The summed E-state index contributed by atoms with van der Waals surface area (Å²) < 4.78 is 0. The zero-order valence-corrected chi connectivity index (χ0v) is 8.46. The maximum Gasteiger partial charge on any atom is 0.0417 e. The van der Waals surface area contributed by atoms with E-state index in [4.69, 9.17) is 0 Å². The number of hydrogen-bond donors (Lipinski definition) is 1. The molecule has 1 nitrogen and oxygen atoms in total. The van der Waals surface area contributed by atoms with E-state index in [1.165, 1.54) is 0 Å². The Kier molecular flexibility index (Phi) is 3.74. The van der Waals surface area contributed by atoms with Gasteiger partial charge in [0.2, 0.25) is 0 Å². The average molecular weight is 185 g/mol. The Morgan fingerprint density at radius 2 is 2.00 bits per heavy atom. The lowest BCUT2D eigenvalue weighted by Gasteiger charge is -2.08. The third kappa shape index (κ3) is 2.13. The summed E-state index contributed by atoms with van der Waals surface area (Å²) in [5.74, 6) is 0. The summed E-state index contributed by atoms with van der Waals surface area (Å²) in [6.07, 6.45) is 5.55. The highest BCUT2D eigenvalue weighted by Gasteiger charge is 2.01. The molecule has 0 radical (unpaired) electrons. The van der Waals surface area contributed by atoms with Crippen LogP contribution in [0.15, 0.2) is 55.7 Å². The molecule has 1 rings (SSSR count). The van der Waals surface area contributed by atoms with Gasteiger partial charge in [-0.1, -0.05) is 49.6 Å². The number of hydrogen-bond acceptors (Lipinski definition) is 1. The first-order chi connectivity index (χ1) is 6.83. The van der Waals surface area contributed by atoms with Crippen LogP contribution in [0.1, 0.15) is 5.56 Å². The fourth-order valence-electron chi connectivity index (χ4n) is 1.35. The third-order valence-corrected chi connectivity index (χ3v) is 2.02.